The molecule has 0 heterocycles. The zero-order valence-corrected chi connectivity index (χ0v) is 11.6. The van der Waals surface area contributed by atoms with Crippen LogP contribution in [0.4, 0.5) is 0 Å². The molecule has 0 rings (SSSR count). The minimum Gasteiger partial charge on any atom is -0.409 e. The van der Waals surface area contributed by atoms with Gasteiger partial charge in [-0.3, -0.25) is 4.90 Å². The van der Waals surface area contributed by atoms with Crippen molar-refractivity contribution in [3.8, 4) is 0 Å². The largest absolute Gasteiger partial charge is 0.409 e. The molecule has 6 heteroatoms. The Morgan fingerprint density at radius 3 is 2.11 bits per heavy atom. The van der Waals surface area contributed by atoms with Gasteiger partial charge < -0.3 is 20.4 Å². The minimum atomic E-state index is 0.282. The van der Waals surface area contributed by atoms with E-state index in [-0.39, 0.29) is 5.84 Å². The lowest BCUT2D eigenvalue weighted by Gasteiger charge is -2.21. The Kier molecular flexibility index (Phi) is 12.0. The number of hydrogen-bond acceptors (Lipinski definition) is 5. The molecule has 0 spiro atoms. The zero-order chi connectivity index (χ0) is 13.6. The summed E-state index contributed by atoms with van der Waals surface area (Å²) in [6.07, 6.45) is 1.48. The van der Waals surface area contributed by atoms with Gasteiger partial charge in [-0.1, -0.05) is 5.16 Å². The van der Waals surface area contributed by atoms with Gasteiger partial charge in [0.2, 0.25) is 0 Å². The number of amidine groups is 1. The highest BCUT2D eigenvalue weighted by atomic mass is 16.5. The Bertz CT molecular complexity index is 203. The maximum Gasteiger partial charge on any atom is 0.139 e. The molecule has 0 aromatic heterocycles. The summed E-state index contributed by atoms with van der Waals surface area (Å²) >= 11 is 0. The molecule has 0 atom stereocenters. The van der Waals surface area contributed by atoms with Crippen molar-refractivity contribution in [2.75, 3.05) is 46.1 Å². The van der Waals surface area contributed by atoms with Gasteiger partial charge in [0.25, 0.3) is 0 Å². The number of hydrogen-bond donors (Lipinski definition) is 2. The van der Waals surface area contributed by atoms with E-state index in [9.17, 15) is 0 Å². The molecule has 0 aliphatic carbocycles. The zero-order valence-electron chi connectivity index (χ0n) is 11.6. The van der Waals surface area contributed by atoms with E-state index in [0.29, 0.717) is 6.42 Å². The van der Waals surface area contributed by atoms with Crippen molar-refractivity contribution in [1.82, 2.24) is 4.90 Å². The monoisotopic (exact) mass is 261 g/mol. The van der Waals surface area contributed by atoms with Crippen LogP contribution in [0.15, 0.2) is 5.16 Å². The molecular weight excluding hydrogens is 234 g/mol. The molecule has 3 N–H and O–H groups in total. The quantitative estimate of drug-likeness (QED) is 0.179. The molecule has 0 aliphatic heterocycles. The fourth-order valence-electron chi connectivity index (χ4n) is 1.55. The third-order valence-corrected chi connectivity index (χ3v) is 2.55. The molecule has 0 fully saturated rings. The van der Waals surface area contributed by atoms with Crippen molar-refractivity contribution in [1.29, 1.82) is 0 Å². The number of nitrogens with two attached hydrogens (primary N) is 1. The van der Waals surface area contributed by atoms with E-state index in [1.165, 1.54) is 0 Å². The van der Waals surface area contributed by atoms with Crippen molar-refractivity contribution in [3.63, 3.8) is 0 Å². The third-order valence-electron chi connectivity index (χ3n) is 2.55. The Hall–Kier alpha value is -0.850. The van der Waals surface area contributed by atoms with Gasteiger partial charge in [0.1, 0.15) is 5.84 Å². The Balaban J connectivity index is 3.80. The molecule has 0 saturated carbocycles. The highest BCUT2D eigenvalue weighted by Crippen LogP contribution is 1.96. The molecule has 0 amide bonds. The maximum absolute atomic E-state index is 8.46. The van der Waals surface area contributed by atoms with E-state index in [0.717, 1.165) is 52.5 Å². The number of rotatable bonds is 12. The summed E-state index contributed by atoms with van der Waals surface area (Å²) in [5.41, 5.74) is 5.43. The van der Waals surface area contributed by atoms with Crippen LogP contribution in [-0.2, 0) is 9.47 Å². The SMILES string of the molecule is CCOCCN(CCCC(N)=NO)CCOCC. The average Bonchev–Trinajstić information content (AvgIpc) is 2.38. The summed E-state index contributed by atoms with van der Waals surface area (Å²) in [7, 11) is 0. The van der Waals surface area contributed by atoms with E-state index in [1.807, 2.05) is 13.8 Å². The van der Waals surface area contributed by atoms with E-state index >= 15 is 0 Å². The van der Waals surface area contributed by atoms with Gasteiger partial charge in [0.15, 0.2) is 0 Å². The first kappa shape index (κ1) is 17.2. The normalized spacial score (nSPS) is 12.3. The predicted molar refractivity (Wildman–Crippen MR) is 72.1 cm³/mol. The fraction of sp³-hybridized carbons (Fsp3) is 0.917. The van der Waals surface area contributed by atoms with Crippen LogP contribution in [0, 0.1) is 0 Å². The maximum atomic E-state index is 8.46. The fourth-order valence-corrected chi connectivity index (χ4v) is 1.55. The van der Waals surface area contributed by atoms with Crippen LogP contribution in [0.2, 0.25) is 0 Å². The second-order valence-electron chi connectivity index (χ2n) is 3.93. The second kappa shape index (κ2) is 12.6. The molecule has 6 nitrogen and oxygen atoms in total. The van der Waals surface area contributed by atoms with Gasteiger partial charge in [-0.05, 0) is 26.8 Å². The van der Waals surface area contributed by atoms with Crippen LogP contribution in [0.3, 0.4) is 0 Å². The van der Waals surface area contributed by atoms with Crippen LogP contribution in [-0.4, -0.2) is 62.0 Å². The first-order valence-electron chi connectivity index (χ1n) is 6.58. The minimum absolute atomic E-state index is 0.282. The molecule has 0 radical (unpaired) electrons. The lowest BCUT2D eigenvalue weighted by atomic mass is 10.2. The van der Waals surface area contributed by atoms with Gasteiger partial charge in [0, 0.05) is 32.7 Å². The lowest BCUT2D eigenvalue weighted by molar-refractivity contribution is 0.0825. The molecule has 0 bridgehead atoms. The molecule has 0 unspecified atom stereocenters. The predicted octanol–water partition coefficient (Wildman–Crippen LogP) is 0.888. The molecular formula is C12H27N3O3. The van der Waals surface area contributed by atoms with Crippen LogP contribution < -0.4 is 5.73 Å². The molecule has 0 aromatic rings. The Morgan fingerprint density at radius 2 is 1.67 bits per heavy atom. The molecule has 18 heavy (non-hydrogen) atoms. The number of oxime groups is 1. The van der Waals surface area contributed by atoms with Gasteiger partial charge in [-0.15, -0.1) is 0 Å². The van der Waals surface area contributed by atoms with Crippen LogP contribution >= 0.6 is 0 Å². The first-order valence-corrected chi connectivity index (χ1v) is 6.58. The molecule has 108 valence electrons. The first-order chi connectivity index (χ1) is 8.74. The summed E-state index contributed by atoms with van der Waals surface area (Å²) in [5, 5.41) is 11.4. The van der Waals surface area contributed by atoms with Crippen molar-refractivity contribution in [3.05, 3.63) is 0 Å². The summed E-state index contributed by atoms with van der Waals surface area (Å²) in [6, 6.07) is 0. The Morgan fingerprint density at radius 1 is 1.11 bits per heavy atom. The van der Waals surface area contributed by atoms with Crippen LogP contribution in [0.1, 0.15) is 26.7 Å². The molecule has 0 saturated heterocycles. The van der Waals surface area contributed by atoms with Crippen LogP contribution in [0.25, 0.3) is 0 Å². The van der Waals surface area contributed by atoms with E-state index in [4.69, 9.17) is 20.4 Å². The highest BCUT2D eigenvalue weighted by Gasteiger charge is 2.05. The van der Waals surface area contributed by atoms with Crippen molar-refractivity contribution < 1.29 is 14.7 Å². The van der Waals surface area contributed by atoms with E-state index in [2.05, 4.69) is 10.1 Å². The highest BCUT2D eigenvalue weighted by molar-refractivity contribution is 5.79. The third kappa shape index (κ3) is 10.3. The van der Waals surface area contributed by atoms with Gasteiger partial charge in [-0.25, -0.2) is 0 Å². The molecule has 0 aromatic carbocycles. The average molecular weight is 261 g/mol. The van der Waals surface area contributed by atoms with Crippen molar-refractivity contribution >= 4 is 5.84 Å². The smallest absolute Gasteiger partial charge is 0.139 e. The van der Waals surface area contributed by atoms with Gasteiger partial charge in [0.05, 0.1) is 13.2 Å². The second-order valence-corrected chi connectivity index (χ2v) is 3.93. The number of ether oxygens (including phenoxy) is 2. The topological polar surface area (TPSA) is 80.3 Å². The van der Waals surface area contributed by atoms with Crippen molar-refractivity contribution in [2.45, 2.75) is 26.7 Å². The van der Waals surface area contributed by atoms with Crippen molar-refractivity contribution in [2.24, 2.45) is 10.9 Å². The Labute approximate surface area is 110 Å². The van der Waals surface area contributed by atoms with Gasteiger partial charge in [-0.2, -0.15) is 0 Å². The number of nitrogens with zero attached hydrogens (tertiary/aromatic N) is 2. The summed E-state index contributed by atoms with van der Waals surface area (Å²) in [4.78, 5) is 2.27. The summed E-state index contributed by atoms with van der Waals surface area (Å²) in [5.74, 6) is 0.282. The molecule has 0 aliphatic rings. The van der Waals surface area contributed by atoms with E-state index in [1.54, 1.807) is 0 Å². The van der Waals surface area contributed by atoms with Gasteiger partial charge >= 0.3 is 0 Å². The lowest BCUT2D eigenvalue weighted by Crippen LogP contribution is -2.32. The van der Waals surface area contributed by atoms with Crippen LogP contribution in [0.5, 0.6) is 0 Å². The summed E-state index contributed by atoms with van der Waals surface area (Å²) < 4.78 is 10.7. The summed E-state index contributed by atoms with van der Waals surface area (Å²) in [6.45, 7) is 9.58. The van der Waals surface area contributed by atoms with E-state index < -0.39 is 0 Å². The standard InChI is InChI=1S/C12H27N3O3/c1-3-17-10-8-15(9-11-18-4-2)7-5-6-12(13)14-16/h16H,3-11H2,1-2H3,(H2,13,14).